The molecule has 0 saturated carbocycles. The van der Waals surface area contributed by atoms with E-state index in [-0.39, 0.29) is 0 Å². The summed E-state index contributed by atoms with van der Waals surface area (Å²) in [5.41, 5.74) is 0.884. The maximum absolute atomic E-state index is 11.1. The van der Waals surface area contributed by atoms with Gasteiger partial charge in [-0.25, -0.2) is 9.97 Å². The summed E-state index contributed by atoms with van der Waals surface area (Å²) in [5.74, 6) is -0.197. The zero-order valence-corrected chi connectivity index (χ0v) is 12.2. The van der Waals surface area contributed by atoms with Crippen LogP contribution in [-0.4, -0.2) is 33.6 Å². The van der Waals surface area contributed by atoms with Crippen molar-refractivity contribution in [2.45, 2.75) is 52.1 Å². The van der Waals surface area contributed by atoms with Crippen molar-refractivity contribution in [2.24, 2.45) is 0 Å². The molecule has 1 heterocycles. The highest BCUT2D eigenvalue weighted by molar-refractivity contribution is 5.73. The predicted octanol–water partition coefficient (Wildman–Crippen LogP) is 2.03. The summed E-state index contributed by atoms with van der Waals surface area (Å²) in [4.78, 5) is 19.5. The molecular weight excluding hydrogens is 256 g/mol. The number of hydrogen-bond acceptors (Lipinski definition) is 5. The van der Waals surface area contributed by atoms with Gasteiger partial charge in [-0.05, 0) is 12.8 Å². The van der Waals surface area contributed by atoms with Gasteiger partial charge in [-0.2, -0.15) is 0 Å². The molecule has 20 heavy (non-hydrogen) atoms. The van der Waals surface area contributed by atoms with Gasteiger partial charge in [-0.15, -0.1) is 0 Å². The number of hydrogen-bond donors (Lipinski definition) is 3. The monoisotopic (exact) mass is 280 g/mol. The highest BCUT2D eigenvalue weighted by atomic mass is 16.4. The Hall–Kier alpha value is -1.69. The quantitative estimate of drug-likeness (QED) is 0.608. The first-order valence-electron chi connectivity index (χ1n) is 7.18. The van der Waals surface area contributed by atoms with E-state index >= 15 is 0 Å². The fourth-order valence-electron chi connectivity index (χ4n) is 1.74. The maximum Gasteiger partial charge on any atom is 0.320 e. The van der Waals surface area contributed by atoms with E-state index in [0.717, 1.165) is 31.4 Å². The highest BCUT2D eigenvalue weighted by Crippen LogP contribution is 2.04. The van der Waals surface area contributed by atoms with E-state index in [1.165, 1.54) is 0 Å². The zero-order chi connectivity index (χ0) is 14.8. The van der Waals surface area contributed by atoms with E-state index in [2.05, 4.69) is 34.4 Å². The lowest BCUT2D eigenvalue weighted by Gasteiger charge is -2.13. The second-order valence-electron chi connectivity index (χ2n) is 4.76. The predicted molar refractivity (Wildman–Crippen MR) is 78.6 cm³/mol. The third kappa shape index (κ3) is 5.97. The first-order valence-corrected chi connectivity index (χ1v) is 7.18. The number of aliphatic carboxylic acids is 1. The number of aromatic nitrogens is 2. The molecule has 1 aromatic heterocycles. The number of anilines is 1. The van der Waals surface area contributed by atoms with Crippen LogP contribution in [0.3, 0.4) is 0 Å². The van der Waals surface area contributed by atoms with Crippen LogP contribution in [0.25, 0.3) is 0 Å². The first kappa shape index (κ1) is 16.4. The molecule has 0 amide bonds. The lowest BCUT2D eigenvalue weighted by molar-refractivity contribution is -0.139. The third-order valence-electron chi connectivity index (χ3n) is 2.94. The van der Waals surface area contributed by atoms with Gasteiger partial charge >= 0.3 is 5.97 Å². The highest BCUT2D eigenvalue weighted by Gasteiger charge is 2.15. The van der Waals surface area contributed by atoms with E-state index in [9.17, 15) is 4.79 Å². The van der Waals surface area contributed by atoms with Gasteiger partial charge in [0.15, 0.2) is 0 Å². The molecule has 1 rings (SSSR count). The molecule has 6 nitrogen and oxygen atoms in total. The van der Waals surface area contributed by atoms with Crippen molar-refractivity contribution in [1.82, 2.24) is 15.3 Å². The van der Waals surface area contributed by atoms with Crippen molar-refractivity contribution >= 4 is 11.9 Å². The summed E-state index contributed by atoms with van der Waals surface area (Å²) in [7, 11) is 0. The van der Waals surface area contributed by atoms with Gasteiger partial charge < -0.3 is 15.7 Å². The van der Waals surface area contributed by atoms with Gasteiger partial charge in [0.25, 0.3) is 0 Å². The van der Waals surface area contributed by atoms with E-state index < -0.39 is 12.0 Å². The molecule has 0 aliphatic heterocycles. The smallest absolute Gasteiger partial charge is 0.320 e. The van der Waals surface area contributed by atoms with Crippen LogP contribution in [0.4, 0.5) is 5.95 Å². The molecule has 6 heteroatoms. The minimum absolute atomic E-state index is 0.467. The molecule has 0 radical (unpaired) electrons. The fraction of sp³-hybridized carbons (Fsp3) is 0.643. The van der Waals surface area contributed by atoms with Crippen LogP contribution in [0.2, 0.25) is 0 Å². The van der Waals surface area contributed by atoms with Gasteiger partial charge in [0.2, 0.25) is 5.95 Å². The number of unbranched alkanes of at least 4 members (excludes halogenated alkanes) is 1. The average molecular weight is 280 g/mol. The van der Waals surface area contributed by atoms with Crippen molar-refractivity contribution in [3.63, 3.8) is 0 Å². The Morgan fingerprint density at radius 3 is 2.55 bits per heavy atom. The molecule has 0 fully saturated rings. The van der Waals surface area contributed by atoms with Crippen LogP contribution in [-0.2, 0) is 11.3 Å². The van der Waals surface area contributed by atoms with Crippen LogP contribution in [0.1, 0.15) is 45.1 Å². The minimum Gasteiger partial charge on any atom is -0.480 e. The summed E-state index contributed by atoms with van der Waals surface area (Å²) >= 11 is 0. The van der Waals surface area contributed by atoms with Crippen molar-refractivity contribution in [1.29, 1.82) is 0 Å². The molecule has 3 N–H and O–H groups in total. The Kier molecular flexibility index (Phi) is 7.57. The molecule has 0 spiro atoms. The lowest BCUT2D eigenvalue weighted by Crippen LogP contribution is -2.36. The Morgan fingerprint density at radius 2 is 2.00 bits per heavy atom. The number of rotatable bonds is 10. The number of carboxylic acids is 1. The van der Waals surface area contributed by atoms with Crippen LogP contribution in [0, 0.1) is 0 Å². The Balaban J connectivity index is 2.44. The standard InChI is InChI=1S/C14H24N4O2/c1-3-5-6-12(13(19)20)16-8-11-9-17-14(18-10-11)15-7-4-2/h9-10,12,16H,3-8H2,1-2H3,(H,19,20)(H,15,17,18)/t12-/m1/s1. The summed E-state index contributed by atoms with van der Waals surface area (Å²) in [6, 6.07) is -0.507. The first-order chi connectivity index (χ1) is 9.67. The summed E-state index contributed by atoms with van der Waals surface area (Å²) in [6.45, 7) is 5.44. The molecule has 0 unspecified atom stereocenters. The van der Waals surface area contributed by atoms with Crippen LogP contribution in [0.5, 0.6) is 0 Å². The second kappa shape index (κ2) is 9.25. The second-order valence-corrected chi connectivity index (χ2v) is 4.76. The van der Waals surface area contributed by atoms with Crippen LogP contribution < -0.4 is 10.6 Å². The van der Waals surface area contributed by atoms with Crippen molar-refractivity contribution in [2.75, 3.05) is 11.9 Å². The lowest BCUT2D eigenvalue weighted by atomic mass is 10.1. The van der Waals surface area contributed by atoms with Gasteiger partial charge in [0.1, 0.15) is 6.04 Å². The van der Waals surface area contributed by atoms with E-state index in [1.807, 2.05) is 0 Å². The summed E-state index contributed by atoms with van der Waals surface area (Å²) in [6.07, 6.45) is 6.99. The zero-order valence-electron chi connectivity index (χ0n) is 12.2. The molecule has 112 valence electrons. The largest absolute Gasteiger partial charge is 0.480 e. The fourth-order valence-corrected chi connectivity index (χ4v) is 1.74. The molecular formula is C14H24N4O2. The molecule has 0 saturated heterocycles. The molecule has 0 bridgehead atoms. The average Bonchev–Trinajstić information content (AvgIpc) is 2.46. The normalized spacial score (nSPS) is 12.1. The minimum atomic E-state index is -0.805. The Morgan fingerprint density at radius 1 is 1.30 bits per heavy atom. The topological polar surface area (TPSA) is 87.1 Å². The third-order valence-corrected chi connectivity index (χ3v) is 2.94. The summed E-state index contributed by atoms with van der Waals surface area (Å²) in [5, 5.41) is 15.2. The maximum atomic E-state index is 11.1. The van der Waals surface area contributed by atoms with E-state index in [0.29, 0.717) is 18.9 Å². The van der Waals surface area contributed by atoms with Crippen LogP contribution >= 0.6 is 0 Å². The Labute approximate surface area is 120 Å². The number of nitrogens with one attached hydrogen (secondary N) is 2. The number of nitrogens with zero attached hydrogens (tertiary/aromatic N) is 2. The number of carboxylic acid groups (broad SMARTS) is 1. The van der Waals surface area contributed by atoms with Gasteiger partial charge in [0, 0.05) is 31.0 Å². The van der Waals surface area contributed by atoms with E-state index in [4.69, 9.17) is 5.11 Å². The van der Waals surface area contributed by atoms with Crippen molar-refractivity contribution in [3.05, 3.63) is 18.0 Å². The van der Waals surface area contributed by atoms with Crippen molar-refractivity contribution in [3.8, 4) is 0 Å². The Bertz CT molecular complexity index is 395. The molecule has 0 aromatic carbocycles. The van der Waals surface area contributed by atoms with Gasteiger partial charge in [-0.1, -0.05) is 26.7 Å². The molecule has 0 aliphatic carbocycles. The van der Waals surface area contributed by atoms with Crippen LogP contribution in [0.15, 0.2) is 12.4 Å². The van der Waals surface area contributed by atoms with Gasteiger partial charge in [0.05, 0.1) is 0 Å². The van der Waals surface area contributed by atoms with Crippen molar-refractivity contribution < 1.29 is 9.90 Å². The SMILES string of the molecule is CCCC[C@@H](NCc1cnc(NCCC)nc1)C(=O)O. The molecule has 1 aromatic rings. The van der Waals surface area contributed by atoms with Gasteiger partial charge in [-0.3, -0.25) is 4.79 Å². The molecule has 0 aliphatic rings. The number of carbonyl (C=O) groups is 1. The summed E-state index contributed by atoms with van der Waals surface area (Å²) < 4.78 is 0. The van der Waals surface area contributed by atoms with E-state index in [1.54, 1.807) is 12.4 Å². The molecule has 1 atom stereocenters.